The van der Waals surface area contributed by atoms with Crippen molar-refractivity contribution in [3.63, 3.8) is 0 Å². The van der Waals surface area contributed by atoms with Crippen LogP contribution in [0.5, 0.6) is 0 Å². The molecule has 1 atom stereocenters. The minimum Gasteiger partial charge on any atom is -0.468 e. The highest BCUT2D eigenvalue weighted by molar-refractivity contribution is 5.83. The Kier molecular flexibility index (Phi) is 13.5. The van der Waals surface area contributed by atoms with E-state index in [1.807, 2.05) is 26.0 Å². The summed E-state index contributed by atoms with van der Waals surface area (Å²) in [6.45, 7) is 5.02. The minimum absolute atomic E-state index is 0.00197. The van der Waals surface area contributed by atoms with Crippen LogP contribution in [0.3, 0.4) is 0 Å². The lowest BCUT2D eigenvalue weighted by molar-refractivity contribution is -0.149. The number of halogens is 6. The van der Waals surface area contributed by atoms with Crippen LogP contribution in [0.4, 0.5) is 26.3 Å². The van der Waals surface area contributed by atoms with Gasteiger partial charge < -0.3 is 20.3 Å². The van der Waals surface area contributed by atoms with Crippen molar-refractivity contribution in [1.82, 2.24) is 10.6 Å². The number of rotatable bonds is 14. The van der Waals surface area contributed by atoms with Crippen molar-refractivity contribution in [3.8, 4) is 11.1 Å². The van der Waals surface area contributed by atoms with Gasteiger partial charge in [0.2, 0.25) is 0 Å². The molecule has 0 bridgehead atoms. The summed E-state index contributed by atoms with van der Waals surface area (Å²) in [5.41, 5.74) is 2.41. The maximum atomic E-state index is 14.1. The van der Waals surface area contributed by atoms with Crippen molar-refractivity contribution in [2.75, 3.05) is 26.9 Å². The van der Waals surface area contributed by atoms with Gasteiger partial charge >= 0.3 is 18.3 Å². The maximum Gasteiger partial charge on any atom is 0.416 e. The van der Waals surface area contributed by atoms with Gasteiger partial charge in [-0.05, 0) is 101 Å². The molecule has 6 nitrogen and oxygen atoms in total. The topological polar surface area (TPSA) is 90.8 Å². The number of carbonyl (C=O) groups excluding carboxylic acids is 1. The van der Waals surface area contributed by atoms with Crippen LogP contribution in [-0.2, 0) is 35.0 Å². The first kappa shape index (κ1) is 41.0. The summed E-state index contributed by atoms with van der Waals surface area (Å²) in [5, 5.41) is 24.6. The zero-order chi connectivity index (χ0) is 39.0. The van der Waals surface area contributed by atoms with Crippen molar-refractivity contribution >= 4 is 30.3 Å². The van der Waals surface area contributed by atoms with Gasteiger partial charge in [-0.2, -0.15) is 26.3 Å². The molecule has 0 fully saturated rings. The van der Waals surface area contributed by atoms with Crippen molar-refractivity contribution in [3.05, 3.63) is 128 Å². The van der Waals surface area contributed by atoms with Gasteiger partial charge in [0.1, 0.15) is 5.54 Å². The fourth-order valence-corrected chi connectivity index (χ4v) is 5.87. The van der Waals surface area contributed by atoms with E-state index in [2.05, 4.69) is 10.6 Å². The summed E-state index contributed by atoms with van der Waals surface area (Å²) in [7, 11) is 1.17. The lowest BCUT2D eigenvalue weighted by Gasteiger charge is -2.26. The number of hydrogen-bond acceptors (Lipinski definition) is 6. The molecule has 0 aliphatic carbocycles. The molecule has 4 aromatic carbocycles. The molecule has 0 saturated heterocycles. The average Bonchev–Trinajstić information content (AvgIpc) is 3.12. The molecule has 4 aromatic rings. The van der Waals surface area contributed by atoms with Crippen LogP contribution in [0.25, 0.3) is 35.4 Å². The van der Waals surface area contributed by atoms with Crippen LogP contribution in [0.2, 0.25) is 0 Å². The predicted molar refractivity (Wildman–Crippen MR) is 195 cm³/mol. The van der Waals surface area contributed by atoms with Crippen molar-refractivity contribution in [2.45, 2.75) is 51.8 Å². The summed E-state index contributed by atoms with van der Waals surface area (Å²) in [6.07, 6.45) is -3.18. The Balaban J connectivity index is 1.67. The Morgan fingerprint density at radius 2 is 1.15 bits per heavy atom. The molecule has 4 rings (SSSR count). The quantitative estimate of drug-likeness (QED) is 0.0449. The fraction of sp³-hybridized carbons (Fsp3) is 0.293. The Bertz CT molecular complexity index is 1970. The number of carbonyl (C=O) groups is 1. The Labute approximate surface area is 304 Å². The van der Waals surface area contributed by atoms with E-state index in [1.165, 1.54) is 50.5 Å². The Morgan fingerprint density at radius 1 is 0.698 bits per heavy atom. The summed E-state index contributed by atoms with van der Waals surface area (Å²) in [6, 6.07) is 18.5. The molecule has 0 spiro atoms. The van der Waals surface area contributed by atoms with E-state index in [1.54, 1.807) is 36.4 Å². The lowest BCUT2D eigenvalue weighted by atomic mass is 9.90. The van der Waals surface area contributed by atoms with E-state index >= 15 is 0 Å². The minimum atomic E-state index is -4.64. The second kappa shape index (κ2) is 17.4. The van der Waals surface area contributed by atoms with Gasteiger partial charge in [-0.15, -0.1) is 0 Å². The van der Waals surface area contributed by atoms with Crippen molar-refractivity contribution < 1.29 is 46.1 Å². The van der Waals surface area contributed by atoms with E-state index in [0.29, 0.717) is 35.3 Å². The molecule has 12 heteroatoms. The van der Waals surface area contributed by atoms with Gasteiger partial charge in [0.15, 0.2) is 0 Å². The molecule has 53 heavy (non-hydrogen) atoms. The number of benzene rings is 4. The first-order chi connectivity index (χ1) is 25.0. The molecular weight excluding hydrogens is 698 g/mol. The van der Waals surface area contributed by atoms with Crippen LogP contribution >= 0.6 is 0 Å². The van der Waals surface area contributed by atoms with E-state index in [-0.39, 0.29) is 24.3 Å². The van der Waals surface area contributed by atoms with Gasteiger partial charge in [0.05, 0.1) is 31.5 Å². The normalized spacial score (nSPS) is 13.5. The largest absolute Gasteiger partial charge is 0.468 e. The average molecular weight is 741 g/mol. The van der Waals surface area contributed by atoms with Crippen LogP contribution in [-0.4, -0.2) is 48.6 Å². The molecule has 0 heterocycles. The van der Waals surface area contributed by atoms with Crippen LogP contribution in [0, 0.1) is 13.8 Å². The molecular formula is C41H42F6N2O4. The predicted octanol–water partition coefficient (Wildman–Crippen LogP) is 8.44. The SMILES string of the molecule is COC(=O)[C@](C)(CO)NCc1ccc(C(F)(F)F)c(/C=C/c2cccc(-c3cccc(/C=C/c4cc(CNCCO)ccc4C(F)(F)F)c3C)c2C)c1. The number of hydrogen-bond donors (Lipinski definition) is 4. The molecule has 0 aliphatic rings. The highest BCUT2D eigenvalue weighted by atomic mass is 19.4. The van der Waals surface area contributed by atoms with E-state index in [0.717, 1.165) is 34.4 Å². The summed E-state index contributed by atoms with van der Waals surface area (Å²) in [4.78, 5) is 12.1. The van der Waals surface area contributed by atoms with Gasteiger partial charge in [-0.25, -0.2) is 4.79 Å². The highest BCUT2D eigenvalue weighted by Gasteiger charge is 2.35. The van der Waals surface area contributed by atoms with E-state index in [9.17, 15) is 36.2 Å². The smallest absolute Gasteiger partial charge is 0.416 e. The third-order valence-electron chi connectivity index (χ3n) is 9.02. The van der Waals surface area contributed by atoms with Crippen molar-refractivity contribution in [2.24, 2.45) is 0 Å². The molecule has 0 aromatic heterocycles. The first-order valence-corrected chi connectivity index (χ1v) is 16.7. The molecule has 0 saturated carbocycles. The van der Waals surface area contributed by atoms with Gasteiger partial charge in [0.25, 0.3) is 0 Å². The van der Waals surface area contributed by atoms with Gasteiger partial charge in [-0.1, -0.05) is 72.8 Å². The lowest BCUT2D eigenvalue weighted by Crippen LogP contribution is -2.52. The Morgan fingerprint density at radius 3 is 1.57 bits per heavy atom. The third-order valence-corrected chi connectivity index (χ3v) is 9.02. The molecule has 0 aliphatic heterocycles. The molecule has 0 unspecified atom stereocenters. The standard InChI is InChI=1S/C41H42F6N2O4/c1-26-30(13-15-32-21-28(23-48-19-20-50)11-17-36(32)40(42,43)44)7-5-9-34(26)35-10-6-8-31(27(35)2)14-16-33-22-29(12-18-37(33)41(45,46)47)24-49-39(3,25-51)38(52)53-4/h5-18,21-22,48-51H,19-20,23-25H2,1-4H3/b15-13+,16-14+/t39-/m0/s1. The number of alkyl halides is 6. The molecule has 4 N–H and O–H groups in total. The number of methoxy groups -OCH3 is 1. The first-order valence-electron chi connectivity index (χ1n) is 16.7. The summed E-state index contributed by atoms with van der Waals surface area (Å²) in [5.74, 6) is -0.719. The van der Waals surface area contributed by atoms with Crippen molar-refractivity contribution in [1.29, 1.82) is 0 Å². The van der Waals surface area contributed by atoms with E-state index in [4.69, 9.17) is 9.84 Å². The second-order valence-corrected chi connectivity index (χ2v) is 12.8. The number of ether oxygens (including phenoxy) is 1. The maximum absolute atomic E-state index is 14.1. The third kappa shape index (κ3) is 10.2. The van der Waals surface area contributed by atoms with Gasteiger partial charge in [0, 0.05) is 19.6 Å². The highest BCUT2D eigenvalue weighted by Crippen LogP contribution is 2.36. The number of aliphatic hydroxyl groups excluding tert-OH is 2. The Hall–Kier alpha value is -4.75. The fourth-order valence-electron chi connectivity index (χ4n) is 5.87. The molecule has 0 radical (unpaired) electrons. The monoisotopic (exact) mass is 740 g/mol. The number of esters is 1. The number of nitrogens with one attached hydrogen (secondary N) is 2. The van der Waals surface area contributed by atoms with Gasteiger partial charge in [-0.3, -0.25) is 5.32 Å². The molecule has 0 amide bonds. The van der Waals surface area contributed by atoms with E-state index < -0.39 is 41.6 Å². The second-order valence-electron chi connectivity index (χ2n) is 12.8. The zero-order valence-corrected chi connectivity index (χ0v) is 29.8. The van der Waals surface area contributed by atoms with Crippen LogP contribution in [0.15, 0.2) is 72.8 Å². The molecule has 282 valence electrons. The van der Waals surface area contributed by atoms with Crippen LogP contribution in [0.1, 0.15) is 62.6 Å². The summed E-state index contributed by atoms with van der Waals surface area (Å²) >= 11 is 0. The number of aliphatic hydroxyl groups is 2. The summed E-state index contributed by atoms with van der Waals surface area (Å²) < 4.78 is 88.6. The zero-order valence-electron chi connectivity index (χ0n) is 29.8. The van der Waals surface area contributed by atoms with Crippen LogP contribution < -0.4 is 10.6 Å².